The molecule has 38 valence electrons. The molecule has 0 aromatic carbocycles. The largest absolute Gasteiger partial charge is 0.274 e. The zero-order valence-corrected chi connectivity index (χ0v) is 4.57. The van der Waals surface area contributed by atoms with Crippen LogP contribution in [0, 0.1) is 0 Å². The smallest absolute Gasteiger partial charge is 0.233 e. The van der Waals surface area contributed by atoms with Crippen LogP contribution < -0.4 is 0 Å². The lowest BCUT2D eigenvalue weighted by atomic mass is 10.4. The van der Waals surface area contributed by atoms with E-state index in [9.17, 15) is 4.79 Å². The summed E-state index contributed by atoms with van der Waals surface area (Å²) in [4.78, 5) is 10.5. The zero-order chi connectivity index (χ0) is 4.85. The minimum absolute atomic E-state index is 0.329. The molecule has 2 nitrogen and oxygen atoms in total. The van der Waals surface area contributed by atoms with Gasteiger partial charge in [-0.05, 0) is 18.4 Å². The van der Waals surface area contributed by atoms with E-state index >= 15 is 0 Å². The Morgan fingerprint density at radius 1 is 1.86 bits per heavy atom. The van der Waals surface area contributed by atoms with Crippen molar-refractivity contribution in [2.75, 3.05) is 0 Å². The van der Waals surface area contributed by atoms with Crippen LogP contribution in [0.15, 0.2) is 0 Å². The summed E-state index contributed by atoms with van der Waals surface area (Å²) in [6, 6.07) is 0. The lowest BCUT2D eigenvalue weighted by molar-refractivity contribution is -0.122. The van der Waals surface area contributed by atoms with E-state index in [2.05, 4.69) is 0 Å². The maximum Gasteiger partial charge on any atom is 0.233 e. The van der Waals surface area contributed by atoms with Crippen LogP contribution in [0.25, 0.3) is 0 Å². The van der Waals surface area contributed by atoms with E-state index in [0.717, 1.165) is 12.8 Å². The Morgan fingerprint density at radius 3 is 2.86 bits per heavy atom. The molecule has 2 heterocycles. The van der Waals surface area contributed by atoms with Crippen LogP contribution in [-0.2, 0) is 4.79 Å². The summed E-state index contributed by atoms with van der Waals surface area (Å²) in [6.45, 7) is 0. The molecule has 1 atom stereocenters. The zero-order valence-electron chi connectivity index (χ0n) is 3.76. The highest BCUT2D eigenvalue weighted by Gasteiger charge is 2.45. The number of fused-ring (bicyclic) bond motifs is 1. The molecule has 0 aromatic heterocycles. The highest BCUT2D eigenvalue weighted by molar-refractivity contribution is 8.04. The summed E-state index contributed by atoms with van der Waals surface area (Å²) in [5, 5.41) is 0.590. The van der Waals surface area contributed by atoms with Crippen LogP contribution in [0.1, 0.15) is 12.8 Å². The Balaban J connectivity index is 2.21. The molecule has 3 heteroatoms. The van der Waals surface area contributed by atoms with Gasteiger partial charge in [0.25, 0.3) is 0 Å². The molecule has 1 unspecified atom stereocenters. The molecule has 0 saturated carbocycles. The third kappa shape index (κ3) is 0.387. The summed E-state index contributed by atoms with van der Waals surface area (Å²) in [5.74, 6) is 0.329. The first-order valence-corrected chi connectivity index (χ1v) is 3.20. The Morgan fingerprint density at radius 2 is 2.71 bits per heavy atom. The summed E-state index contributed by atoms with van der Waals surface area (Å²) >= 11 is 1.67. The molecule has 0 bridgehead atoms. The van der Waals surface area contributed by atoms with Gasteiger partial charge >= 0.3 is 0 Å². The predicted molar refractivity (Wildman–Crippen MR) is 27.5 cm³/mol. The van der Waals surface area contributed by atoms with Gasteiger partial charge in [-0.3, -0.25) is 9.10 Å². The number of hydrogen-bond donors (Lipinski definition) is 0. The average Bonchev–Trinajstić information content (AvgIpc) is 2.33. The van der Waals surface area contributed by atoms with Gasteiger partial charge in [-0.25, -0.2) is 0 Å². The van der Waals surface area contributed by atoms with Crippen LogP contribution in [0.3, 0.4) is 0 Å². The van der Waals surface area contributed by atoms with Crippen molar-refractivity contribution in [2.24, 2.45) is 0 Å². The maximum atomic E-state index is 10.5. The van der Waals surface area contributed by atoms with Crippen LogP contribution in [0.4, 0.5) is 0 Å². The Kier molecular flexibility index (Phi) is 0.522. The monoisotopic (exact) mass is 115 g/mol. The summed E-state index contributed by atoms with van der Waals surface area (Å²) in [7, 11) is 0. The van der Waals surface area contributed by atoms with Crippen molar-refractivity contribution in [3.8, 4) is 0 Å². The highest BCUT2D eigenvalue weighted by Crippen LogP contribution is 2.47. The Labute approximate surface area is 46.0 Å². The maximum absolute atomic E-state index is 10.5. The van der Waals surface area contributed by atoms with Crippen LogP contribution in [-0.4, -0.2) is 15.6 Å². The van der Waals surface area contributed by atoms with E-state index in [4.69, 9.17) is 0 Å². The van der Waals surface area contributed by atoms with Gasteiger partial charge in [0.2, 0.25) is 5.91 Å². The standard InChI is InChI=1S/C4H5NOS/c6-3-1-2-4-5(3)7-4/h4H,1-2H2. The normalized spacial score (nSPS) is 36.3. The van der Waals surface area contributed by atoms with E-state index < -0.39 is 0 Å². The van der Waals surface area contributed by atoms with Crippen molar-refractivity contribution in [1.82, 2.24) is 4.31 Å². The van der Waals surface area contributed by atoms with Crippen LogP contribution in [0.2, 0.25) is 0 Å². The predicted octanol–water partition coefficient (Wildman–Crippen LogP) is 0.597. The number of amides is 1. The fraction of sp³-hybridized carbons (Fsp3) is 0.750. The fourth-order valence-electron chi connectivity index (χ4n) is 0.850. The van der Waals surface area contributed by atoms with E-state index in [1.807, 2.05) is 4.31 Å². The van der Waals surface area contributed by atoms with Crippen molar-refractivity contribution < 1.29 is 4.79 Å². The molecule has 7 heavy (non-hydrogen) atoms. The van der Waals surface area contributed by atoms with Gasteiger partial charge in [-0.1, -0.05) is 0 Å². The Hall–Kier alpha value is -0.180. The number of carbonyl (C=O) groups excluding carboxylic acids is 1. The highest BCUT2D eigenvalue weighted by atomic mass is 32.2. The molecule has 0 N–H and O–H groups in total. The topological polar surface area (TPSA) is 20.1 Å². The first-order valence-electron chi connectivity index (χ1n) is 2.37. The van der Waals surface area contributed by atoms with Crippen molar-refractivity contribution in [2.45, 2.75) is 18.2 Å². The van der Waals surface area contributed by atoms with Gasteiger partial charge in [-0.15, -0.1) is 0 Å². The number of rotatable bonds is 0. The molecular weight excluding hydrogens is 110 g/mol. The minimum Gasteiger partial charge on any atom is -0.274 e. The van der Waals surface area contributed by atoms with Gasteiger partial charge in [0.1, 0.15) is 5.37 Å². The lowest BCUT2D eigenvalue weighted by Gasteiger charge is -1.83. The third-order valence-corrected chi connectivity index (χ3v) is 2.46. The second kappa shape index (κ2) is 0.968. The van der Waals surface area contributed by atoms with E-state index in [0.29, 0.717) is 11.3 Å². The first-order chi connectivity index (χ1) is 3.38. The summed E-state index contributed by atoms with van der Waals surface area (Å²) < 4.78 is 1.85. The molecule has 2 fully saturated rings. The van der Waals surface area contributed by atoms with E-state index in [1.54, 1.807) is 11.9 Å². The summed E-state index contributed by atoms with van der Waals surface area (Å²) in [6.07, 6.45) is 1.88. The molecule has 2 aliphatic rings. The molecule has 2 saturated heterocycles. The second-order valence-electron chi connectivity index (χ2n) is 1.82. The van der Waals surface area contributed by atoms with Crippen molar-refractivity contribution in [1.29, 1.82) is 0 Å². The van der Waals surface area contributed by atoms with Gasteiger partial charge in [0, 0.05) is 6.42 Å². The first kappa shape index (κ1) is 3.78. The molecule has 1 amide bonds. The van der Waals surface area contributed by atoms with Gasteiger partial charge < -0.3 is 0 Å². The number of hydrogen-bond acceptors (Lipinski definition) is 2. The van der Waals surface area contributed by atoms with Crippen LogP contribution >= 0.6 is 11.9 Å². The second-order valence-corrected chi connectivity index (χ2v) is 2.97. The quantitative estimate of drug-likeness (QED) is 0.340. The van der Waals surface area contributed by atoms with Crippen molar-refractivity contribution in [3.63, 3.8) is 0 Å². The Bertz CT molecular complexity index is 125. The van der Waals surface area contributed by atoms with Gasteiger partial charge in [0.15, 0.2) is 0 Å². The SMILES string of the molecule is O=C1CCC2SN12. The van der Waals surface area contributed by atoms with E-state index in [-0.39, 0.29) is 0 Å². The van der Waals surface area contributed by atoms with Gasteiger partial charge in [-0.2, -0.15) is 0 Å². The summed E-state index contributed by atoms with van der Waals surface area (Å²) in [5.41, 5.74) is 0. The molecular formula is C4H5NOS. The average molecular weight is 115 g/mol. The van der Waals surface area contributed by atoms with E-state index in [1.165, 1.54) is 0 Å². The molecule has 0 radical (unpaired) electrons. The fourth-order valence-corrected chi connectivity index (χ4v) is 1.71. The van der Waals surface area contributed by atoms with Crippen molar-refractivity contribution in [3.05, 3.63) is 0 Å². The molecule has 2 rings (SSSR count). The molecule has 0 aromatic rings. The number of carbonyl (C=O) groups is 1. The number of nitrogens with zero attached hydrogens (tertiary/aromatic N) is 1. The molecule has 0 spiro atoms. The minimum atomic E-state index is 0.329. The van der Waals surface area contributed by atoms with Crippen LogP contribution in [0.5, 0.6) is 0 Å². The molecule has 0 aliphatic carbocycles. The van der Waals surface area contributed by atoms with Gasteiger partial charge in [0.05, 0.1) is 0 Å². The third-order valence-electron chi connectivity index (χ3n) is 1.30. The lowest BCUT2D eigenvalue weighted by Crippen LogP contribution is -1.99. The molecule has 2 aliphatic heterocycles. The van der Waals surface area contributed by atoms with Crippen molar-refractivity contribution >= 4 is 17.9 Å².